The number of carbonyl (C=O) groups is 1. The van der Waals surface area contributed by atoms with Gasteiger partial charge in [0.05, 0.1) is 0 Å². The molecule has 0 atom stereocenters. The highest BCUT2D eigenvalue weighted by Crippen LogP contribution is 2.28. The molecule has 80 valence electrons. The molecule has 0 aromatic heterocycles. The third-order valence-electron chi connectivity index (χ3n) is 2.61. The summed E-state index contributed by atoms with van der Waals surface area (Å²) in [5, 5.41) is 4.09. The van der Waals surface area contributed by atoms with E-state index in [9.17, 15) is 4.79 Å². The van der Waals surface area contributed by atoms with Crippen LogP contribution in [0.2, 0.25) is 0 Å². The Morgan fingerprint density at radius 1 is 1.20 bits per heavy atom. The zero-order valence-corrected chi connectivity index (χ0v) is 9.43. The topological polar surface area (TPSA) is 29.1 Å². The monoisotopic (exact) mass is 221 g/mol. The molecule has 0 bridgehead atoms. The van der Waals surface area contributed by atoms with E-state index in [4.69, 9.17) is 0 Å². The van der Waals surface area contributed by atoms with Crippen molar-refractivity contribution < 1.29 is 4.79 Å². The number of nitrogens with one attached hydrogen (secondary N) is 1. The van der Waals surface area contributed by atoms with E-state index in [1.165, 1.54) is 17.7 Å². The number of thioether (sulfide) groups is 1. The molecule has 1 N–H and O–H groups in total. The van der Waals surface area contributed by atoms with Crippen LogP contribution in [0.25, 0.3) is 0 Å². The summed E-state index contributed by atoms with van der Waals surface area (Å²) in [6.45, 7) is 2.26. The molecule has 1 aromatic rings. The van der Waals surface area contributed by atoms with Crippen molar-refractivity contribution in [2.45, 2.75) is 23.0 Å². The van der Waals surface area contributed by atoms with Crippen molar-refractivity contribution in [1.82, 2.24) is 5.32 Å². The molecule has 1 saturated heterocycles. The maximum absolute atomic E-state index is 10.5. The molecule has 2 nitrogen and oxygen atoms in total. The second-order valence-electron chi connectivity index (χ2n) is 3.75. The van der Waals surface area contributed by atoms with Crippen LogP contribution in [0.1, 0.15) is 23.2 Å². The normalized spacial score (nSPS) is 17.6. The van der Waals surface area contributed by atoms with Gasteiger partial charge < -0.3 is 5.32 Å². The van der Waals surface area contributed by atoms with E-state index in [1.807, 2.05) is 36.0 Å². The Hall–Kier alpha value is -0.800. The SMILES string of the molecule is O=Cc1ccc(SC2CCNCC2)cc1. The van der Waals surface area contributed by atoms with Crippen LogP contribution in [0.4, 0.5) is 0 Å². The van der Waals surface area contributed by atoms with E-state index < -0.39 is 0 Å². The van der Waals surface area contributed by atoms with Gasteiger partial charge in [-0.2, -0.15) is 0 Å². The summed E-state index contributed by atoms with van der Waals surface area (Å²) in [5.74, 6) is 0. The summed E-state index contributed by atoms with van der Waals surface area (Å²) in [7, 11) is 0. The Morgan fingerprint density at radius 2 is 1.87 bits per heavy atom. The fourth-order valence-corrected chi connectivity index (χ4v) is 2.88. The predicted octanol–water partition coefficient (Wildman–Crippen LogP) is 2.34. The summed E-state index contributed by atoms with van der Waals surface area (Å²) in [5.41, 5.74) is 0.754. The third-order valence-corrected chi connectivity index (χ3v) is 3.95. The van der Waals surface area contributed by atoms with Gasteiger partial charge >= 0.3 is 0 Å². The molecule has 0 saturated carbocycles. The molecule has 2 rings (SSSR count). The minimum Gasteiger partial charge on any atom is -0.317 e. The molecule has 0 spiro atoms. The van der Waals surface area contributed by atoms with Crippen LogP contribution in [-0.4, -0.2) is 24.6 Å². The lowest BCUT2D eigenvalue weighted by atomic mass is 10.2. The Morgan fingerprint density at radius 3 is 2.47 bits per heavy atom. The highest BCUT2D eigenvalue weighted by Gasteiger charge is 2.13. The van der Waals surface area contributed by atoms with Crippen LogP contribution in [0.3, 0.4) is 0 Å². The lowest BCUT2D eigenvalue weighted by molar-refractivity contribution is 0.112. The molecule has 0 aliphatic carbocycles. The Balaban J connectivity index is 1.94. The largest absolute Gasteiger partial charge is 0.317 e. The summed E-state index contributed by atoms with van der Waals surface area (Å²) >= 11 is 1.93. The number of hydrogen-bond acceptors (Lipinski definition) is 3. The van der Waals surface area contributed by atoms with Gasteiger partial charge in [-0.1, -0.05) is 12.1 Å². The van der Waals surface area contributed by atoms with Gasteiger partial charge in [-0.15, -0.1) is 11.8 Å². The Bertz CT molecular complexity index is 317. The molecular formula is C12H15NOS. The zero-order valence-electron chi connectivity index (χ0n) is 8.61. The standard InChI is InChI=1S/C12H15NOS/c14-9-10-1-3-11(4-2-10)15-12-5-7-13-8-6-12/h1-4,9,12-13H,5-8H2. The molecule has 15 heavy (non-hydrogen) atoms. The van der Waals surface area contributed by atoms with Crippen LogP contribution in [-0.2, 0) is 0 Å². The van der Waals surface area contributed by atoms with Gasteiger partial charge in [0.25, 0.3) is 0 Å². The summed E-state index contributed by atoms with van der Waals surface area (Å²) in [4.78, 5) is 11.8. The van der Waals surface area contributed by atoms with Crippen molar-refractivity contribution in [3.63, 3.8) is 0 Å². The molecule has 3 heteroatoms. The molecular weight excluding hydrogens is 206 g/mol. The predicted molar refractivity (Wildman–Crippen MR) is 63.6 cm³/mol. The van der Waals surface area contributed by atoms with Crippen molar-refractivity contribution >= 4 is 18.0 Å². The fourth-order valence-electron chi connectivity index (χ4n) is 1.73. The molecule has 1 aliphatic heterocycles. The number of hydrogen-bond donors (Lipinski definition) is 1. The van der Waals surface area contributed by atoms with Gasteiger partial charge in [0, 0.05) is 15.7 Å². The smallest absolute Gasteiger partial charge is 0.150 e. The number of piperidine rings is 1. The van der Waals surface area contributed by atoms with Gasteiger partial charge in [-0.3, -0.25) is 4.79 Å². The van der Waals surface area contributed by atoms with Crippen LogP contribution >= 0.6 is 11.8 Å². The van der Waals surface area contributed by atoms with Gasteiger partial charge in [0.2, 0.25) is 0 Å². The lowest BCUT2D eigenvalue weighted by Gasteiger charge is -2.21. The van der Waals surface area contributed by atoms with Gasteiger partial charge in [0.1, 0.15) is 6.29 Å². The maximum atomic E-state index is 10.5. The minimum atomic E-state index is 0.730. The van der Waals surface area contributed by atoms with E-state index in [-0.39, 0.29) is 0 Å². The molecule has 1 heterocycles. The van der Waals surface area contributed by atoms with Crippen LogP contribution < -0.4 is 5.32 Å². The Kier molecular flexibility index (Phi) is 3.80. The summed E-state index contributed by atoms with van der Waals surface area (Å²) in [6, 6.07) is 7.85. The quantitative estimate of drug-likeness (QED) is 0.794. The van der Waals surface area contributed by atoms with Crippen molar-refractivity contribution in [3.8, 4) is 0 Å². The van der Waals surface area contributed by atoms with E-state index >= 15 is 0 Å². The highest BCUT2D eigenvalue weighted by atomic mass is 32.2. The number of rotatable bonds is 3. The minimum absolute atomic E-state index is 0.730. The average Bonchev–Trinajstić information content (AvgIpc) is 2.31. The van der Waals surface area contributed by atoms with Gasteiger partial charge in [-0.05, 0) is 38.1 Å². The number of benzene rings is 1. The van der Waals surface area contributed by atoms with Gasteiger partial charge in [-0.25, -0.2) is 0 Å². The first-order valence-corrected chi connectivity index (χ1v) is 6.19. The van der Waals surface area contributed by atoms with Crippen molar-refractivity contribution in [3.05, 3.63) is 29.8 Å². The summed E-state index contributed by atoms with van der Waals surface area (Å²) < 4.78 is 0. The number of aldehydes is 1. The summed E-state index contributed by atoms with van der Waals surface area (Å²) in [6.07, 6.45) is 3.36. The van der Waals surface area contributed by atoms with Gasteiger partial charge in [0.15, 0.2) is 0 Å². The van der Waals surface area contributed by atoms with E-state index in [2.05, 4.69) is 5.32 Å². The maximum Gasteiger partial charge on any atom is 0.150 e. The molecule has 1 fully saturated rings. The Labute approximate surface area is 94.4 Å². The molecule has 0 amide bonds. The highest BCUT2D eigenvalue weighted by molar-refractivity contribution is 8.00. The van der Waals surface area contributed by atoms with Crippen molar-refractivity contribution in [2.24, 2.45) is 0 Å². The lowest BCUT2D eigenvalue weighted by Crippen LogP contribution is -2.29. The average molecular weight is 221 g/mol. The van der Waals surface area contributed by atoms with Crippen LogP contribution in [0.5, 0.6) is 0 Å². The van der Waals surface area contributed by atoms with Crippen LogP contribution in [0.15, 0.2) is 29.2 Å². The second kappa shape index (κ2) is 5.33. The third kappa shape index (κ3) is 3.08. The zero-order chi connectivity index (χ0) is 10.5. The first kappa shape index (κ1) is 10.7. The van der Waals surface area contributed by atoms with Crippen molar-refractivity contribution in [1.29, 1.82) is 0 Å². The first-order valence-electron chi connectivity index (χ1n) is 5.31. The molecule has 0 unspecified atom stereocenters. The van der Waals surface area contributed by atoms with E-state index in [0.717, 1.165) is 30.2 Å². The molecule has 1 aliphatic rings. The van der Waals surface area contributed by atoms with Crippen molar-refractivity contribution in [2.75, 3.05) is 13.1 Å². The number of carbonyl (C=O) groups excluding carboxylic acids is 1. The molecule has 0 radical (unpaired) electrons. The van der Waals surface area contributed by atoms with E-state index in [0.29, 0.717) is 0 Å². The fraction of sp³-hybridized carbons (Fsp3) is 0.417. The second-order valence-corrected chi connectivity index (χ2v) is 5.13. The first-order chi connectivity index (χ1) is 7.38. The van der Waals surface area contributed by atoms with Crippen LogP contribution in [0, 0.1) is 0 Å². The van der Waals surface area contributed by atoms with E-state index in [1.54, 1.807) is 0 Å². The molecule has 1 aromatic carbocycles.